The Balaban J connectivity index is 1.58. The third-order valence-corrected chi connectivity index (χ3v) is 4.92. The topological polar surface area (TPSA) is 12.0 Å². The van der Waals surface area contributed by atoms with Crippen LogP contribution in [0.3, 0.4) is 0 Å². The maximum atomic E-state index is 3.65. The first-order valence-electron chi connectivity index (χ1n) is 7.17. The van der Waals surface area contributed by atoms with Crippen molar-refractivity contribution in [1.29, 1.82) is 0 Å². The van der Waals surface area contributed by atoms with Crippen LogP contribution in [0.4, 0.5) is 0 Å². The predicted octanol–water partition coefficient (Wildman–Crippen LogP) is 4.34. The second-order valence-corrected chi connectivity index (χ2v) is 6.88. The lowest BCUT2D eigenvalue weighted by Crippen LogP contribution is -2.34. The Morgan fingerprint density at radius 3 is 2.56 bits per heavy atom. The Morgan fingerprint density at radius 2 is 1.83 bits per heavy atom. The molecule has 0 heterocycles. The summed E-state index contributed by atoms with van der Waals surface area (Å²) in [4.78, 5) is 1.38. The maximum absolute atomic E-state index is 3.65. The molecule has 0 aliphatic heterocycles. The van der Waals surface area contributed by atoms with Crippen molar-refractivity contribution in [3.8, 4) is 0 Å². The highest BCUT2D eigenvalue weighted by atomic mass is 32.2. The van der Waals surface area contributed by atoms with E-state index in [0.29, 0.717) is 5.41 Å². The SMILES string of the molecule is CC1(CNCCSc2ccccc2)CCCCC1. The Morgan fingerprint density at radius 1 is 1.11 bits per heavy atom. The molecule has 1 aromatic carbocycles. The molecule has 0 amide bonds. The first kappa shape index (κ1) is 14.0. The Hall–Kier alpha value is -0.470. The number of hydrogen-bond donors (Lipinski definition) is 1. The smallest absolute Gasteiger partial charge is 0.0106 e. The number of hydrogen-bond acceptors (Lipinski definition) is 2. The van der Waals surface area contributed by atoms with Crippen LogP contribution in [0.15, 0.2) is 35.2 Å². The van der Waals surface area contributed by atoms with Crippen molar-refractivity contribution in [2.75, 3.05) is 18.8 Å². The maximum Gasteiger partial charge on any atom is 0.0106 e. The zero-order chi connectivity index (χ0) is 12.7. The standard InChI is InChI=1S/C16H25NS/c1-16(10-6-3-7-11-16)14-17-12-13-18-15-8-4-2-5-9-15/h2,4-5,8-9,17H,3,6-7,10-14H2,1H3. The van der Waals surface area contributed by atoms with E-state index >= 15 is 0 Å². The summed E-state index contributed by atoms with van der Waals surface area (Å²) in [5.41, 5.74) is 0.565. The third-order valence-electron chi connectivity index (χ3n) is 3.90. The predicted molar refractivity (Wildman–Crippen MR) is 81.2 cm³/mol. The average molecular weight is 263 g/mol. The van der Waals surface area contributed by atoms with Gasteiger partial charge in [-0.2, -0.15) is 0 Å². The summed E-state index contributed by atoms with van der Waals surface area (Å²) in [6.07, 6.45) is 7.12. The van der Waals surface area contributed by atoms with Gasteiger partial charge in [-0.3, -0.25) is 0 Å². The van der Waals surface area contributed by atoms with Gasteiger partial charge in [0.05, 0.1) is 0 Å². The third kappa shape index (κ3) is 4.66. The van der Waals surface area contributed by atoms with Crippen molar-refractivity contribution in [3.05, 3.63) is 30.3 Å². The number of nitrogens with one attached hydrogen (secondary N) is 1. The average Bonchev–Trinajstić information content (AvgIpc) is 2.40. The van der Waals surface area contributed by atoms with E-state index in [1.807, 2.05) is 11.8 Å². The van der Waals surface area contributed by atoms with Crippen molar-refractivity contribution in [2.45, 2.75) is 43.9 Å². The summed E-state index contributed by atoms with van der Waals surface area (Å²) in [5.74, 6) is 1.17. The van der Waals surface area contributed by atoms with Crippen LogP contribution in [-0.2, 0) is 0 Å². The van der Waals surface area contributed by atoms with E-state index in [1.165, 1.54) is 49.3 Å². The summed E-state index contributed by atoms with van der Waals surface area (Å²) in [5, 5.41) is 3.65. The fourth-order valence-electron chi connectivity index (χ4n) is 2.73. The summed E-state index contributed by atoms with van der Waals surface area (Å²) in [7, 11) is 0. The molecule has 100 valence electrons. The van der Waals surface area contributed by atoms with Crippen molar-refractivity contribution in [2.24, 2.45) is 5.41 Å². The first-order valence-corrected chi connectivity index (χ1v) is 8.16. The van der Waals surface area contributed by atoms with E-state index in [9.17, 15) is 0 Å². The molecule has 0 aromatic heterocycles. The normalized spacial score (nSPS) is 18.7. The molecule has 0 unspecified atom stereocenters. The van der Waals surface area contributed by atoms with Gasteiger partial charge in [0, 0.05) is 23.7 Å². The van der Waals surface area contributed by atoms with Crippen molar-refractivity contribution >= 4 is 11.8 Å². The molecule has 1 N–H and O–H groups in total. The van der Waals surface area contributed by atoms with Gasteiger partial charge in [0.1, 0.15) is 0 Å². The van der Waals surface area contributed by atoms with Crippen LogP contribution >= 0.6 is 11.8 Å². The fourth-order valence-corrected chi connectivity index (χ4v) is 3.56. The number of benzene rings is 1. The van der Waals surface area contributed by atoms with Gasteiger partial charge in [-0.25, -0.2) is 0 Å². The minimum atomic E-state index is 0.565. The first-order chi connectivity index (χ1) is 8.79. The Labute approximate surface area is 116 Å². The minimum absolute atomic E-state index is 0.565. The van der Waals surface area contributed by atoms with Crippen molar-refractivity contribution in [1.82, 2.24) is 5.32 Å². The Bertz CT molecular complexity index is 330. The highest BCUT2D eigenvalue weighted by Crippen LogP contribution is 2.34. The molecule has 0 atom stereocenters. The van der Waals surface area contributed by atoms with Gasteiger partial charge in [-0.1, -0.05) is 44.4 Å². The van der Waals surface area contributed by atoms with Crippen LogP contribution in [-0.4, -0.2) is 18.8 Å². The fraction of sp³-hybridized carbons (Fsp3) is 0.625. The quantitative estimate of drug-likeness (QED) is 0.605. The molecule has 0 spiro atoms. The summed E-state index contributed by atoms with van der Waals surface area (Å²) >= 11 is 1.94. The highest BCUT2D eigenvalue weighted by Gasteiger charge is 2.25. The van der Waals surface area contributed by atoms with Crippen LogP contribution in [0.25, 0.3) is 0 Å². The highest BCUT2D eigenvalue weighted by molar-refractivity contribution is 7.99. The second-order valence-electron chi connectivity index (χ2n) is 5.71. The molecular weight excluding hydrogens is 238 g/mol. The molecule has 1 saturated carbocycles. The van der Waals surface area contributed by atoms with Crippen LogP contribution in [0.5, 0.6) is 0 Å². The van der Waals surface area contributed by atoms with Gasteiger partial charge in [0.2, 0.25) is 0 Å². The lowest BCUT2D eigenvalue weighted by atomic mass is 9.76. The lowest BCUT2D eigenvalue weighted by Gasteiger charge is -2.33. The van der Waals surface area contributed by atoms with E-state index in [4.69, 9.17) is 0 Å². The molecule has 1 fully saturated rings. The zero-order valence-corrected chi connectivity index (χ0v) is 12.3. The zero-order valence-electron chi connectivity index (χ0n) is 11.5. The van der Waals surface area contributed by atoms with Gasteiger partial charge < -0.3 is 5.32 Å². The van der Waals surface area contributed by atoms with E-state index in [0.717, 1.165) is 6.54 Å². The summed E-state index contributed by atoms with van der Waals surface area (Å²) in [6.45, 7) is 4.76. The molecule has 0 radical (unpaired) electrons. The van der Waals surface area contributed by atoms with E-state index < -0.39 is 0 Å². The molecule has 1 aliphatic carbocycles. The molecule has 0 saturated heterocycles. The van der Waals surface area contributed by atoms with E-state index in [2.05, 4.69) is 42.6 Å². The van der Waals surface area contributed by atoms with Gasteiger partial charge in [0.15, 0.2) is 0 Å². The van der Waals surface area contributed by atoms with Crippen LogP contribution < -0.4 is 5.32 Å². The molecule has 2 heteroatoms. The molecule has 2 rings (SSSR count). The van der Waals surface area contributed by atoms with Crippen molar-refractivity contribution < 1.29 is 0 Å². The Kier molecular flexibility index (Phi) is 5.58. The number of thioether (sulfide) groups is 1. The molecule has 1 aliphatic rings. The van der Waals surface area contributed by atoms with Crippen LogP contribution in [0.1, 0.15) is 39.0 Å². The van der Waals surface area contributed by atoms with E-state index in [-0.39, 0.29) is 0 Å². The summed E-state index contributed by atoms with van der Waals surface area (Å²) in [6, 6.07) is 10.7. The van der Waals surface area contributed by atoms with Gasteiger partial charge in [-0.15, -0.1) is 11.8 Å². The number of rotatable bonds is 6. The van der Waals surface area contributed by atoms with Crippen molar-refractivity contribution in [3.63, 3.8) is 0 Å². The monoisotopic (exact) mass is 263 g/mol. The van der Waals surface area contributed by atoms with Crippen LogP contribution in [0, 0.1) is 5.41 Å². The largest absolute Gasteiger partial charge is 0.315 e. The second kappa shape index (κ2) is 7.20. The minimum Gasteiger partial charge on any atom is -0.315 e. The molecule has 0 bridgehead atoms. The van der Waals surface area contributed by atoms with Gasteiger partial charge >= 0.3 is 0 Å². The summed E-state index contributed by atoms with van der Waals surface area (Å²) < 4.78 is 0. The molecule has 1 aromatic rings. The molecule has 1 nitrogen and oxygen atoms in total. The molecular formula is C16H25NS. The van der Waals surface area contributed by atoms with Gasteiger partial charge in [-0.05, 0) is 30.4 Å². The molecule has 18 heavy (non-hydrogen) atoms. The lowest BCUT2D eigenvalue weighted by molar-refractivity contribution is 0.209. The van der Waals surface area contributed by atoms with Gasteiger partial charge in [0.25, 0.3) is 0 Å². The van der Waals surface area contributed by atoms with E-state index in [1.54, 1.807) is 0 Å². The van der Waals surface area contributed by atoms with Crippen LogP contribution in [0.2, 0.25) is 0 Å².